The highest BCUT2D eigenvalue weighted by atomic mass is 32.2. The van der Waals surface area contributed by atoms with Crippen LogP contribution < -0.4 is 10.1 Å². The van der Waals surface area contributed by atoms with E-state index in [1.807, 2.05) is 66.9 Å². The highest BCUT2D eigenvalue weighted by molar-refractivity contribution is 7.99. The van der Waals surface area contributed by atoms with Gasteiger partial charge in [0.05, 0.1) is 18.1 Å². The molecule has 1 heterocycles. The lowest BCUT2D eigenvalue weighted by atomic mass is 10.2. The number of rotatable bonds is 8. The summed E-state index contributed by atoms with van der Waals surface area (Å²) in [6.45, 7) is 2.63. The second kappa shape index (κ2) is 9.40. The quantitative estimate of drug-likeness (QED) is 0.588. The van der Waals surface area contributed by atoms with Gasteiger partial charge in [-0.3, -0.25) is 4.79 Å². The van der Waals surface area contributed by atoms with Crippen LogP contribution in [0.2, 0.25) is 0 Å². The third kappa shape index (κ3) is 5.34. The van der Waals surface area contributed by atoms with Gasteiger partial charge in [-0.25, -0.2) is 4.98 Å². The number of nitrogens with one attached hydrogen (secondary N) is 1. The smallest absolute Gasteiger partial charge is 0.234 e. The molecule has 0 unspecified atom stereocenters. The van der Waals surface area contributed by atoms with Crippen molar-refractivity contribution in [1.82, 2.24) is 4.98 Å². The minimum atomic E-state index is 0.00293. The normalized spacial score (nSPS) is 10.5. The molecule has 0 saturated carbocycles. The van der Waals surface area contributed by atoms with Gasteiger partial charge in [-0.15, -0.1) is 23.1 Å². The fraction of sp³-hybridized carbons (Fsp3) is 0.200. The monoisotopic (exact) mass is 384 g/mol. The lowest BCUT2D eigenvalue weighted by Crippen LogP contribution is -2.13. The Morgan fingerprint density at radius 2 is 1.92 bits per heavy atom. The summed E-state index contributed by atoms with van der Waals surface area (Å²) in [6.07, 6.45) is 0. The molecule has 0 spiro atoms. The van der Waals surface area contributed by atoms with E-state index in [1.165, 1.54) is 0 Å². The maximum Gasteiger partial charge on any atom is 0.234 e. The molecule has 0 atom stereocenters. The zero-order valence-corrected chi connectivity index (χ0v) is 16.1. The van der Waals surface area contributed by atoms with Crippen LogP contribution in [0.3, 0.4) is 0 Å². The predicted octanol–water partition coefficient (Wildman–Crippen LogP) is 5.08. The van der Waals surface area contributed by atoms with Gasteiger partial charge in [-0.1, -0.05) is 18.2 Å². The number of carbonyl (C=O) groups is 1. The largest absolute Gasteiger partial charge is 0.494 e. The van der Waals surface area contributed by atoms with E-state index < -0.39 is 0 Å². The summed E-state index contributed by atoms with van der Waals surface area (Å²) in [4.78, 5) is 16.6. The molecule has 1 aromatic heterocycles. The molecule has 0 fully saturated rings. The van der Waals surface area contributed by atoms with E-state index in [0.29, 0.717) is 12.4 Å². The molecule has 4 nitrogen and oxygen atoms in total. The average molecular weight is 385 g/mol. The fourth-order valence-corrected chi connectivity index (χ4v) is 3.98. The van der Waals surface area contributed by atoms with Crippen molar-refractivity contribution in [3.8, 4) is 16.3 Å². The van der Waals surface area contributed by atoms with Gasteiger partial charge in [0.15, 0.2) is 0 Å². The van der Waals surface area contributed by atoms with E-state index in [0.717, 1.165) is 33.5 Å². The van der Waals surface area contributed by atoms with Crippen molar-refractivity contribution < 1.29 is 9.53 Å². The first-order valence-electron chi connectivity index (χ1n) is 8.35. The van der Waals surface area contributed by atoms with Crippen LogP contribution in [-0.2, 0) is 10.5 Å². The zero-order chi connectivity index (χ0) is 18.2. The van der Waals surface area contributed by atoms with Crippen molar-refractivity contribution in [2.45, 2.75) is 12.7 Å². The Morgan fingerprint density at radius 1 is 1.15 bits per heavy atom. The summed E-state index contributed by atoms with van der Waals surface area (Å²) in [5.74, 6) is 2.00. The van der Waals surface area contributed by atoms with Crippen LogP contribution in [0.4, 0.5) is 5.69 Å². The minimum Gasteiger partial charge on any atom is -0.494 e. The predicted molar refractivity (Wildman–Crippen MR) is 110 cm³/mol. The number of hydrogen-bond acceptors (Lipinski definition) is 5. The maximum absolute atomic E-state index is 12.0. The summed E-state index contributed by atoms with van der Waals surface area (Å²) in [6, 6.07) is 17.5. The number of thiazole rings is 1. The molecule has 0 bridgehead atoms. The van der Waals surface area contributed by atoms with Gasteiger partial charge in [0.1, 0.15) is 10.8 Å². The third-order valence-electron chi connectivity index (χ3n) is 3.50. The molecule has 0 aliphatic rings. The summed E-state index contributed by atoms with van der Waals surface area (Å²) < 4.78 is 5.46. The molecule has 1 N–H and O–H groups in total. The number of carbonyl (C=O) groups excluding carboxylic acids is 1. The molecule has 3 rings (SSSR count). The highest BCUT2D eigenvalue weighted by Gasteiger charge is 2.07. The zero-order valence-electron chi connectivity index (χ0n) is 14.5. The van der Waals surface area contributed by atoms with Crippen LogP contribution in [0.25, 0.3) is 10.6 Å². The topological polar surface area (TPSA) is 51.2 Å². The number of benzene rings is 2. The second-order valence-electron chi connectivity index (χ2n) is 5.51. The molecule has 0 saturated heterocycles. The summed E-state index contributed by atoms with van der Waals surface area (Å²) in [5, 5.41) is 5.92. The van der Waals surface area contributed by atoms with Crippen LogP contribution >= 0.6 is 23.1 Å². The lowest BCUT2D eigenvalue weighted by Gasteiger charge is -2.04. The van der Waals surface area contributed by atoms with Gasteiger partial charge in [0.25, 0.3) is 0 Å². The van der Waals surface area contributed by atoms with Crippen LogP contribution in [0.15, 0.2) is 60.0 Å². The number of aromatic nitrogens is 1. The van der Waals surface area contributed by atoms with E-state index >= 15 is 0 Å². The van der Waals surface area contributed by atoms with Gasteiger partial charge in [0.2, 0.25) is 5.91 Å². The van der Waals surface area contributed by atoms with E-state index in [9.17, 15) is 4.79 Å². The number of thioether (sulfide) groups is 1. The second-order valence-corrected chi connectivity index (χ2v) is 7.35. The fourth-order valence-electron chi connectivity index (χ4n) is 2.33. The van der Waals surface area contributed by atoms with Crippen LogP contribution in [0.1, 0.15) is 12.6 Å². The van der Waals surface area contributed by atoms with E-state index in [4.69, 9.17) is 4.74 Å². The highest BCUT2D eigenvalue weighted by Crippen LogP contribution is 2.27. The first-order valence-corrected chi connectivity index (χ1v) is 10.4. The molecule has 1 amide bonds. The van der Waals surface area contributed by atoms with Crippen LogP contribution in [0, 0.1) is 0 Å². The van der Waals surface area contributed by atoms with E-state index in [-0.39, 0.29) is 5.91 Å². The van der Waals surface area contributed by atoms with Gasteiger partial charge >= 0.3 is 0 Å². The van der Waals surface area contributed by atoms with Crippen LogP contribution in [-0.4, -0.2) is 23.3 Å². The number of para-hydroxylation sites is 1. The van der Waals surface area contributed by atoms with Gasteiger partial charge in [0, 0.05) is 22.4 Å². The Kier molecular flexibility index (Phi) is 6.68. The number of hydrogen-bond donors (Lipinski definition) is 1. The Bertz CT molecular complexity index is 833. The minimum absolute atomic E-state index is 0.00293. The standard InChI is InChI=1S/C20H20N2O2S2/c1-2-24-18-10-8-15(9-11-18)20-22-17(13-26-20)12-25-14-19(23)21-16-6-4-3-5-7-16/h3-11,13H,2,12,14H2,1H3,(H,21,23). The molecule has 6 heteroatoms. The van der Waals surface area contributed by atoms with Gasteiger partial charge in [-0.2, -0.15) is 0 Å². The number of ether oxygens (including phenoxy) is 1. The summed E-state index contributed by atoms with van der Waals surface area (Å²) in [7, 11) is 0. The van der Waals surface area contributed by atoms with E-state index in [1.54, 1.807) is 23.1 Å². The van der Waals surface area contributed by atoms with Crippen molar-refractivity contribution in [3.63, 3.8) is 0 Å². The Hall–Kier alpha value is -2.31. The summed E-state index contributed by atoms with van der Waals surface area (Å²) in [5.41, 5.74) is 2.90. The first-order chi connectivity index (χ1) is 12.7. The van der Waals surface area contributed by atoms with Gasteiger partial charge in [-0.05, 0) is 43.3 Å². The van der Waals surface area contributed by atoms with E-state index in [2.05, 4.69) is 10.3 Å². The number of anilines is 1. The molecule has 0 aliphatic heterocycles. The maximum atomic E-state index is 12.0. The van der Waals surface area contributed by atoms with Crippen molar-refractivity contribution in [2.24, 2.45) is 0 Å². The Morgan fingerprint density at radius 3 is 2.65 bits per heavy atom. The molecule has 3 aromatic rings. The lowest BCUT2D eigenvalue weighted by molar-refractivity contribution is -0.113. The van der Waals surface area contributed by atoms with Crippen molar-refractivity contribution in [3.05, 3.63) is 65.7 Å². The molecule has 0 radical (unpaired) electrons. The summed E-state index contributed by atoms with van der Waals surface area (Å²) >= 11 is 3.18. The van der Waals surface area contributed by atoms with Crippen LogP contribution in [0.5, 0.6) is 5.75 Å². The Labute approximate surface area is 161 Å². The number of nitrogens with zero attached hydrogens (tertiary/aromatic N) is 1. The molecular weight excluding hydrogens is 364 g/mol. The molecule has 2 aromatic carbocycles. The first kappa shape index (κ1) is 18.5. The SMILES string of the molecule is CCOc1ccc(-c2nc(CSCC(=O)Nc3ccccc3)cs2)cc1. The molecule has 26 heavy (non-hydrogen) atoms. The average Bonchev–Trinajstić information content (AvgIpc) is 3.12. The molecule has 0 aliphatic carbocycles. The van der Waals surface area contributed by atoms with Crippen molar-refractivity contribution >= 4 is 34.7 Å². The number of amides is 1. The Balaban J connectivity index is 1.48. The van der Waals surface area contributed by atoms with Gasteiger partial charge < -0.3 is 10.1 Å². The molecule has 134 valence electrons. The third-order valence-corrected chi connectivity index (χ3v) is 5.41. The molecular formula is C20H20N2O2S2. The van der Waals surface area contributed by atoms with Crippen molar-refractivity contribution in [1.29, 1.82) is 0 Å². The van der Waals surface area contributed by atoms with Crippen molar-refractivity contribution in [2.75, 3.05) is 17.7 Å².